The van der Waals surface area contributed by atoms with Crippen molar-refractivity contribution in [2.24, 2.45) is 0 Å². The first-order valence-corrected chi connectivity index (χ1v) is 22.1. The van der Waals surface area contributed by atoms with Gasteiger partial charge in [0, 0.05) is 44.0 Å². The van der Waals surface area contributed by atoms with E-state index in [0.29, 0.717) is 0 Å². The van der Waals surface area contributed by atoms with Crippen LogP contribution >= 0.6 is 0 Å². The van der Waals surface area contributed by atoms with Crippen LogP contribution in [0.2, 0.25) is 0 Å². The second-order valence-corrected chi connectivity index (χ2v) is 16.9. The van der Waals surface area contributed by atoms with Crippen LogP contribution in [0.25, 0.3) is 111 Å². The lowest BCUT2D eigenvalue weighted by atomic mass is 9.91. The zero-order valence-electron chi connectivity index (χ0n) is 35.0. The van der Waals surface area contributed by atoms with E-state index in [1.807, 2.05) is 0 Å². The van der Waals surface area contributed by atoms with Gasteiger partial charge in [-0.15, -0.1) is 0 Å². The topological polar surface area (TPSA) is 35.6 Å². The summed E-state index contributed by atoms with van der Waals surface area (Å²) in [6.07, 6.45) is 4.16. The van der Waals surface area contributed by atoms with Gasteiger partial charge in [0.15, 0.2) is 5.82 Å². The highest BCUT2D eigenvalue weighted by atomic mass is 15.0. The number of benzene rings is 9. The van der Waals surface area contributed by atoms with E-state index >= 15 is 0 Å². The maximum absolute atomic E-state index is 5.28. The van der Waals surface area contributed by atoms with Gasteiger partial charge in [-0.25, -0.2) is 9.97 Å². The quantitative estimate of drug-likeness (QED) is 0.168. The Morgan fingerprint density at radius 1 is 0.344 bits per heavy atom. The van der Waals surface area contributed by atoms with Crippen molar-refractivity contribution in [1.29, 1.82) is 0 Å². The number of fused-ring (bicyclic) bond motifs is 8. The van der Waals surface area contributed by atoms with Crippen molar-refractivity contribution < 1.29 is 0 Å². The molecule has 0 unspecified atom stereocenters. The number of hydrogen-bond acceptors (Lipinski definition) is 2. The minimum atomic E-state index is 0.790. The molecule has 3 heterocycles. The van der Waals surface area contributed by atoms with Gasteiger partial charge in [0.2, 0.25) is 0 Å². The van der Waals surface area contributed by atoms with E-state index in [1.54, 1.807) is 0 Å². The highest BCUT2D eigenvalue weighted by Crippen LogP contribution is 2.39. The summed E-state index contributed by atoms with van der Waals surface area (Å²) in [4.78, 5) is 10.5. The summed E-state index contributed by atoms with van der Waals surface area (Å²) in [7, 11) is 0. The highest BCUT2D eigenvalue weighted by Gasteiger charge is 2.19. The van der Waals surface area contributed by atoms with Gasteiger partial charge in [0.25, 0.3) is 0 Å². The summed E-state index contributed by atoms with van der Waals surface area (Å²) in [6, 6.07) is 76.8. The van der Waals surface area contributed by atoms with Crippen molar-refractivity contribution in [3.8, 4) is 45.0 Å². The van der Waals surface area contributed by atoms with Crippen LogP contribution in [0.15, 0.2) is 212 Å². The average Bonchev–Trinajstić information content (AvgIpc) is 3.88. The Kier molecular flexibility index (Phi) is 8.31. The fourth-order valence-corrected chi connectivity index (χ4v) is 10.1. The van der Waals surface area contributed by atoms with E-state index in [4.69, 9.17) is 9.97 Å². The van der Waals surface area contributed by atoms with Crippen molar-refractivity contribution in [2.45, 2.75) is 12.8 Å². The summed E-state index contributed by atoms with van der Waals surface area (Å²) >= 11 is 0. The maximum atomic E-state index is 5.28. The molecule has 0 amide bonds. The Hall–Kier alpha value is -8.34. The molecule has 0 atom stereocenters. The number of nitrogens with zero attached hydrogens (tertiary/aromatic N) is 4. The van der Waals surface area contributed by atoms with Gasteiger partial charge in [-0.2, -0.15) is 0 Å². The largest absolute Gasteiger partial charge is 0.309 e. The van der Waals surface area contributed by atoms with Crippen LogP contribution in [-0.4, -0.2) is 19.1 Å². The van der Waals surface area contributed by atoms with Crippen molar-refractivity contribution >= 4 is 66.0 Å². The van der Waals surface area contributed by atoms with Crippen molar-refractivity contribution in [2.75, 3.05) is 0 Å². The smallest absolute Gasteiger partial charge is 0.156 e. The van der Waals surface area contributed by atoms with Crippen LogP contribution in [0.4, 0.5) is 0 Å². The third kappa shape index (κ3) is 5.99. The van der Waals surface area contributed by atoms with Crippen molar-refractivity contribution in [3.05, 3.63) is 229 Å². The lowest BCUT2D eigenvalue weighted by Gasteiger charge is -2.17. The Labute approximate surface area is 370 Å². The highest BCUT2D eigenvalue weighted by molar-refractivity contribution is 6.12. The Morgan fingerprint density at radius 2 is 0.922 bits per heavy atom. The lowest BCUT2D eigenvalue weighted by Crippen LogP contribution is -2.04. The molecule has 0 spiro atoms. The predicted molar refractivity (Wildman–Crippen MR) is 267 cm³/mol. The Morgan fingerprint density at radius 3 is 1.75 bits per heavy atom. The van der Waals surface area contributed by atoms with Gasteiger partial charge >= 0.3 is 0 Å². The third-order valence-electron chi connectivity index (χ3n) is 13.2. The second-order valence-electron chi connectivity index (χ2n) is 16.9. The molecular formula is C60H40N4. The van der Waals surface area contributed by atoms with E-state index in [1.165, 1.54) is 82.2 Å². The second kappa shape index (κ2) is 14.6. The number of aromatic nitrogens is 4. The molecule has 0 saturated heterocycles. The molecule has 0 radical (unpaired) electrons. The van der Waals surface area contributed by atoms with Crippen LogP contribution < -0.4 is 0 Å². The van der Waals surface area contributed by atoms with Gasteiger partial charge in [0.05, 0.1) is 33.5 Å². The number of rotatable bonds is 6. The first-order chi connectivity index (χ1) is 31.7. The Bertz CT molecular complexity index is 3830. The van der Waals surface area contributed by atoms with Gasteiger partial charge in [0.1, 0.15) is 0 Å². The minimum Gasteiger partial charge on any atom is -0.309 e. The van der Waals surface area contributed by atoms with Gasteiger partial charge in [-0.1, -0.05) is 146 Å². The van der Waals surface area contributed by atoms with Crippen LogP contribution in [0.5, 0.6) is 0 Å². The van der Waals surface area contributed by atoms with E-state index in [9.17, 15) is 0 Å². The van der Waals surface area contributed by atoms with Crippen molar-refractivity contribution in [1.82, 2.24) is 19.1 Å². The summed E-state index contributed by atoms with van der Waals surface area (Å²) < 4.78 is 4.78. The zero-order chi connectivity index (χ0) is 42.1. The van der Waals surface area contributed by atoms with Crippen molar-refractivity contribution in [3.63, 3.8) is 0 Å². The van der Waals surface area contributed by atoms with Crippen LogP contribution in [0.3, 0.4) is 0 Å². The number of aryl methyl sites for hydroxylation is 1. The maximum Gasteiger partial charge on any atom is 0.156 e. The molecule has 300 valence electrons. The molecule has 1 aliphatic rings. The molecule has 0 aliphatic heterocycles. The molecule has 12 aromatic rings. The summed E-state index contributed by atoms with van der Waals surface area (Å²) in [5.41, 5.74) is 17.2. The fraction of sp³-hybridized carbons (Fsp3) is 0.0333. The van der Waals surface area contributed by atoms with Gasteiger partial charge < -0.3 is 9.13 Å². The number of hydrogen-bond donors (Lipinski definition) is 0. The fourth-order valence-electron chi connectivity index (χ4n) is 10.1. The molecule has 0 N–H and O–H groups in total. The summed E-state index contributed by atoms with van der Waals surface area (Å²) in [5.74, 6) is 0.790. The summed E-state index contributed by atoms with van der Waals surface area (Å²) in [6.45, 7) is 0. The molecule has 0 saturated carbocycles. The molecule has 1 aliphatic carbocycles. The zero-order valence-corrected chi connectivity index (χ0v) is 35.0. The van der Waals surface area contributed by atoms with E-state index in [-0.39, 0.29) is 0 Å². The van der Waals surface area contributed by atoms with E-state index < -0.39 is 0 Å². The monoisotopic (exact) mass is 816 g/mol. The van der Waals surface area contributed by atoms with Crippen LogP contribution in [0, 0.1) is 0 Å². The molecular weight excluding hydrogens is 777 g/mol. The molecule has 0 fully saturated rings. The third-order valence-corrected chi connectivity index (χ3v) is 13.2. The normalized spacial score (nSPS) is 12.7. The number of para-hydroxylation sites is 3. The average molecular weight is 817 g/mol. The molecule has 4 nitrogen and oxygen atoms in total. The Balaban J connectivity index is 0.910. The van der Waals surface area contributed by atoms with E-state index in [2.05, 4.69) is 228 Å². The SMILES string of the molecule is C1=C(c2nc(-c3ccc(-n4c5ccccc5c5cc(-c6ccc7c8ccccc8n(-c8ccccc8)c7c6)ccc54)cc3)cc(-c3ccc4ccccc4c3)n2)CCc2ccccc21. The lowest BCUT2D eigenvalue weighted by molar-refractivity contribution is 0.973. The van der Waals surface area contributed by atoms with Gasteiger partial charge in [-0.05, 0) is 124 Å². The summed E-state index contributed by atoms with van der Waals surface area (Å²) in [5, 5.41) is 7.38. The number of allylic oxidation sites excluding steroid dienone is 1. The molecule has 13 rings (SSSR count). The molecule has 3 aromatic heterocycles. The first kappa shape index (κ1) is 36.3. The van der Waals surface area contributed by atoms with Crippen LogP contribution in [-0.2, 0) is 6.42 Å². The molecule has 4 heteroatoms. The molecule has 9 aromatic carbocycles. The molecule has 64 heavy (non-hydrogen) atoms. The standard InChI is InChI=1S/C60H40N4/c1-2-16-48(17-3-1)64-56-20-10-8-18-50(56)52-32-28-45(37-59(52)64)44-29-33-58-53(36-44)51-19-9-11-21-57(51)63(58)49-30-26-41(27-31-49)54-38-55(46-24-22-39-12-4-6-14-42(39)34-46)62-60(61-54)47-25-23-40-13-5-7-15-43(40)35-47/h1-22,24,26-38H,23,25H2. The van der Waals surface area contributed by atoms with Gasteiger partial charge in [-0.3, -0.25) is 0 Å². The predicted octanol–water partition coefficient (Wildman–Crippen LogP) is 15.3. The first-order valence-electron chi connectivity index (χ1n) is 22.1. The van der Waals surface area contributed by atoms with E-state index in [0.717, 1.165) is 52.6 Å². The molecule has 0 bridgehead atoms. The minimum absolute atomic E-state index is 0.790. The van der Waals surface area contributed by atoms with Crippen LogP contribution in [0.1, 0.15) is 23.4 Å².